The molecule has 3 aromatic carbocycles. The number of ketones is 2. The number of quaternary nitrogens is 1. The van der Waals surface area contributed by atoms with Gasteiger partial charge in [0.2, 0.25) is 18.0 Å². The highest BCUT2D eigenvalue weighted by Crippen LogP contribution is 2.52. The molecule has 4 aliphatic heterocycles. The maximum atomic E-state index is 14.8. The highest BCUT2D eigenvalue weighted by molar-refractivity contribution is 6.68. The Morgan fingerprint density at radius 3 is 2.55 bits per heavy atom. The molecule has 19 heteroatoms. The van der Waals surface area contributed by atoms with Crippen LogP contribution < -0.4 is 19.7 Å². The average molecular weight is 883 g/mol. The summed E-state index contributed by atoms with van der Waals surface area (Å²) in [6, 6.07) is 13.0. The zero-order valence-corrected chi connectivity index (χ0v) is 34.5. The minimum Gasteiger partial charge on any atom is -0.486 e. The number of nitrogens with zero attached hydrogens (tertiary/aromatic N) is 2. The molecule has 8 unspecified atom stereocenters. The van der Waals surface area contributed by atoms with Crippen LogP contribution >= 0.6 is 0 Å². The van der Waals surface area contributed by atoms with Crippen LogP contribution in [0.3, 0.4) is 0 Å². The molecule has 0 aromatic heterocycles. The van der Waals surface area contributed by atoms with Gasteiger partial charge in [-0.15, -0.1) is 0 Å². The van der Waals surface area contributed by atoms with Crippen LogP contribution in [0, 0.1) is 5.41 Å². The second kappa shape index (κ2) is 17.1. The second-order valence-electron chi connectivity index (χ2n) is 17.0. The van der Waals surface area contributed by atoms with E-state index >= 15 is 0 Å². The Morgan fingerprint density at radius 1 is 1.02 bits per heavy atom. The molecule has 1 spiro atoms. The number of fused-ring (bicyclic) bond motifs is 7. The SMILES string of the molecule is N=C1N=C2C(=NC[NH+]2c2ccccc2C2CCOC3(CCCC3)C3OC(Oc4c2cc2c(c4OCC(O)CC=O)C(=O)c4cc(CO)ccc4C2=O)C(O)(CCO)C(O)C3O)C(=O)N1. The molecule has 9 rings (SSSR count). The summed E-state index contributed by atoms with van der Waals surface area (Å²) >= 11 is 0. The number of aliphatic imine (C=N–C) groups is 2. The van der Waals surface area contributed by atoms with Crippen molar-refractivity contribution in [2.75, 3.05) is 26.5 Å². The summed E-state index contributed by atoms with van der Waals surface area (Å²) in [6.45, 7) is -1.71. The predicted molar refractivity (Wildman–Crippen MR) is 222 cm³/mol. The van der Waals surface area contributed by atoms with E-state index in [4.69, 9.17) is 24.4 Å². The number of amidine groups is 1. The van der Waals surface area contributed by atoms with Gasteiger partial charge < -0.3 is 54.4 Å². The van der Waals surface area contributed by atoms with Gasteiger partial charge in [0.25, 0.3) is 11.7 Å². The van der Waals surface area contributed by atoms with Gasteiger partial charge in [-0.05, 0) is 49.1 Å². The maximum Gasteiger partial charge on any atom is 0.284 e. The van der Waals surface area contributed by atoms with Gasteiger partial charge in [0.15, 0.2) is 35.3 Å². The first-order valence-electron chi connectivity index (χ1n) is 21.3. The number of nitrogens with one attached hydrogen (secondary N) is 3. The van der Waals surface area contributed by atoms with Gasteiger partial charge in [0.1, 0.15) is 36.9 Å². The summed E-state index contributed by atoms with van der Waals surface area (Å²) in [5, 5.41) is 77.6. The third kappa shape index (κ3) is 7.17. The molecule has 8 atom stereocenters. The number of ether oxygens (including phenoxy) is 4. The summed E-state index contributed by atoms with van der Waals surface area (Å²) in [6.07, 6.45) is -6.41. The molecule has 3 aromatic rings. The monoisotopic (exact) mass is 882 g/mol. The number of hydrogen-bond acceptors (Lipinski definition) is 16. The number of amides is 1. The van der Waals surface area contributed by atoms with Crippen molar-refractivity contribution in [2.45, 2.75) is 99.4 Å². The Labute approximate surface area is 365 Å². The molecule has 19 nitrogen and oxygen atoms in total. The molecule has 1 saturated carbocycles. The van der Waals surface area contributed by atoms with E-state index in [1.54, 1.807) is 18.2 Å². The van der Waals surface area contributed by atoms with Crippen LogP contribution in [0.4, 0.5) is 5.69 Å². The standard InChI is InChI=1S/C45H47N5O14/c46-43-48-40-32(41(59)49-43)47-21-50(40)30-6-2-1-5-25(30)24-10-16-62-44(11-3-4-12-44)39-35(57)38(58)45(60,13-15-52)42(64-39)63-36-28(24)18-29-31(37(36)61-20-23(54)9-14-51)34(56)27-17-22(19-53)7-8-26(27)33(29)55/h1-2,5-8,14,17-18,23-24,35,38-39,42,52-54,57-58,60H,3-4,9-13,15-16,19-21H2,(H2,46,49,59)/p+1. The number of aliphatic hydroxyl groups is 6. The van der Waals surface area contributed by atoms with Gasteiger partial charge in [0.05, 0.1) is 23.9 Å². The van der Waals surface area contributed by atoms with Crippen molar-refractivity contribution in [1.29, 1.82) is 5.41 Å². The van der Waals surface area contributed by atoms with Gasteiger partial charge in [-0.1, -0.05) is 37.1 Å². The summed E-state index contributed by atoms with van der Waals surface area (Å²) in [4.78, 5) is 63.4. The molecule has 64 heavy (non-hydrogen) atoms. The lowest BCUT2D eigenvalue weighted by Gasteiger charge is -2.52. The Bertz CT molecular complexity index is 2500. The molecule has 6 aliphatic rings. The normalized spacial score (nSPS) is 28.7. The maximum absolute atomic E-state index is 14.8. The average Bonchev–Trinajstić information content (AvgIpc) is 3.94. The smallest absolute Gasteiger partial charge is 0.284 e. The zero-order chi connectivity index (χ0) is 45.1. The van der Waals surface area contributed by atoms with Crippen molar-refractivity contribution >= 4 is 47.0 Å². The van der Waals surface area contributed by atoms with Crippen molar-refractivity contribution in [3.63, 3.8) is 0 Å². The van der Waals surface area contributed by atoms with Crippen molar-refractivity contribution in [3.8, 4) is 11.5 Å². The Hall–Kier alpha value is -5.61. The number of aliphatic hydroxyl groups excluding tert-OH is 5. The van der Waals surface area contributed by atoms with Crippen molar-refractivity contribution in [1.82, 2.24) is 5.32 Å². The van der Waals surface area contributed by atoms with E-state index < -0.39 is 91.5 Å². The number of rotatable bonds is 10. The van der Waals surface area contributed by atoms with Crippen LogP contribution in [0.15, 0.2) is 58.5 Å². The Balaban J connectivity index is 1.32. The first-order valence-corrected chi connectivity index (χ1v) is 21.3. The molecular formula is C45H48N5O14+. The third-order valence-electron chi connectivity index (χ3n) is 13.2. The third-order valence-corrected chi connectivity index (χ3v) is 13.2. The fraction of sp³-hybridized carbons (Fsp3) is 0.444. The van der Waals surface area contributed by atoms with Gasteiger partial charge >= 0.3 is 0 Å². The number of guanidine groups is 1. The molecule has 9 N–H and O–H groups in total. The van der Waals surface area contributed by atoms with E-state index in [1.165, 1.54) is 24.3 Å². The van der Waals surface area contributed by atoms with E-state index in [1.807, 2.05) is 6.07 Å². The van der Waals surface area contributed by atoms with Gasteiger partial charge in [0, 0.05) is 59.8 Å². The van der Waals surface area contributed by atoms with Gasteiger partial charge in [-0.2, -0.15) is 4.99 Å². The lowest BCUT2D eigenvalue weighted by atomic mass is 9.78. The van der Waals surface area contributed by atoms with Crippen LogP contribution in [0.1, 0.15) is 99.4 Å². The van der Waals surface area contributed by atoms with Gasteiger partial charge in [-0.25, -0.2) is 9.89 Å². The van der Waals surface area contributed by atoms with E-state index in [0.29, 0.717) is 53.7 Å². The number of aldehydes is 1. The molecule has 2 bridgehead atoms. The molecule has 336 valence electrons. The number of hydrogen-bond donors (Lipinski definition) is 9. The second-order valence-corrected chi connectivity index (χ2v) is 17.0. The molecule has 2 fully saturated rings. The van der Waals surface area contributed by atoms with Gasteiger partial charge in [-0.3, -0.25) is 25.1 Å². The van der Waals surface area contributed by atoms with Crippen LogP contribution in [0.25, 0.3) is 0 Å². The van der Waals surface area contributed by atoms with E-state index in [9.17, 15) is 49.8 Å². The number of benzene rings is 3. The summed E-state index contributed by atoms with van der Waals surface area (Å²) in [7, 11) is 0. The Kier molecular flexibility index (Phi) is 11.6. The van der Waals surface area contributed by atoms with Crippen LogP contribution in [0.5, 0.6) is 11.5 Å². The predicted octanol–water partition coefficient (Wildman–Crippen LogP) is -0.521. The van der Waals surface area contributed by atoms with E-state index in [-0.39, 0.29) is 82.9 Å². The minimum atomic E-state index is -2.51. The molecule has 2 aliphatic carbocycles. The summed E-state index contributed by atoms with van der Waals surface area (Å²) in [5.41, 5.74) is -2.41. The van der Waals surface area contributed by atoms with E-state index in [0.717, 1.165) is 0 Å². The largest absolute Gasteiger partial charge is 0.486 e. The summed E-state index contributed by atoms with van der Waals surface area (Å²) in [5.74, 6) is -3.57. The van der Waals surface area contributed by atoms with Crippen LogP contribution in [0.2, 0.25) is 0 Å². The molecule has 4 heterocycles. The number of carbonyl (C=O) groups excluding carboxylic acids is 4. The highest BCUT2D eigenvalue weighted by atomic mass is 16.7. The fourth-order valence-electron chi connectivity index (χ4n) is 10.0. The van der Waals surface area contributed by atoms with Crippen molar-refractivity contribution < 1.29 is 73.7 Å². The molecular weight excluding hydrogens is 835 g/mol. The molecule has 0 radical (unpaired) electrons. The van der Waals surface area contributed by atoms with E-state index in [2.05, 4.69) is 15.3 Å². The van der Waals surface area contributed by atoms with Crippen LogP contribution in [-0.4, -0.2) is 140 Å². The first kappa shape index (κ1) is 43.6. The summed E-state index contributed by atoms with van der Waals surface area (Å²) < 4.78 is 26.5. The molecule has 1 amide bonds. The molecule has 1 saturated heterocycles. The lowest BCUT2D eigenvalue weighted by Crippen LogP contribution is -3.09. The van der Waals surface area contributed by atoms with Crippen molar-refractivity contribution in [2.24, 2.45) is 9.98 Å². The van der Waals surface area contributed by atoms with Crippen molar-refractivity contribution in [3.05, 3.63) is 87.5 Å². The quantitative estimate of drug-likeness (QED) is 0.0907. The lowest BCUT2D eigenvalue weighted by molar-refractivity contribution is -0.723. The number of para-hydroxylation sites is 1. The topological polar surface area (TPSA) is 292 Å². The Morgan fingerprint density at radius 2 is 1.80 bits per heavy atom. The highest BCUT2D eigenvalue weighted by Gasteiger charge is 2.62. The fourth-order valence-corrected chi connectivity index (χ4v) is 10.0. The van der Waals surface area contributed by atoms with Crippen LogP contribution in [-0.2, 0) is 25.7 Å². The number of carbonyl (C=O) groups is 4. The first-order chi connectivity index (χ1) is 30.8. The zero-order valence-electron chi connectivity index (χ0n) is 34.5. The minimum absolute atomic E-state index is 0.0112.